The van der Waals surface area contributed by atoms with Gasteiger partial charge < -0.3 is 9.64 Å². The Morgan fingerprint density at radius 2 is 1.78 bits per heavy atom. The normalized spacial score (nSPS) is 11.8. The van der Waals surface area contributed by atoms with Crippen LogP contribution in [-0.2, 0) is 11.3 Å². The zero-order valence-corrected chi connectivity index (χ0v) is 15.9. The van der Waals surface area contributed by atoms with E-state index < -0.39 is 6.10 Å². The fraction of sp³-hybridized carbons (Fsp3) is 0.278. The van der Waals surface area contributed by atoms with Gasteiger partial charge in [0.25, 0.3) is 5.91 Å². The van der Waals surface area contributed by atoms with Gasteiger partial charge in [0.1, 0.15) is 5.75 Å². The van der Waals surface area contributed by atoms with Crippen molar-refractivity contribution in [3.8, 4) is 5.75 Å². The maximum absolute atomic E-state index is 12.4. The maximum Gasteiger partial charge on any atom is 0.263 e. The van der Waals surface area contributed by atoms with Gasteiger partial charge in [0.05, 0.1) is 0 Å². The highest BCUT2D eigenvalue weighted by atomic mass is 79.9. The highest BCUT2D eigenvalue weighted by Crippen LogP contribution is 2.19. The van der Waals surface area contributed by atoms with Gasteiger partial charge in [0.2, 0.25) is 0 Å². The molecule has 0 N–H and O–H groups in total. The molecule has 23 heavy (non-hydrogen) atoms. The highest BCUT2D eigenvalue weighted by molar-refractivity contribution is 9.10. The van der Waals surface area contributed by atoms with Gasteiger partial charge in [-0.1, -0.05) is 28.1 Å². The Morgan fingerprint density at radius 1 is 1.17 bits per heavy atom. The number of benzene rings is 2. The predicted octanol–water partition coefficient (Wildman–Crippen LogP) is 4.60. The number of halogens is 1. The standard InChI is InChI=1S/C18H20BrNO2S/c1-13(22-16-8-6-15(19)7-9-16)18(21)20(2)12-14-4-10-17(23-3)11-5-14/h4-11,13H,12H2,1-3H3. The monoisotopic (exact) mass is 393 g/mol. The van der Waals surface area contributed by atoms with Crippen LogP contribution in [0.5, 0.6) is 5.75 Å². The van der Waals surface area contributed by atoms with E-state index in [2.05, 4.69) is 40.2 Å². The molecule has 0 saturated carbocycles. The van der Waals surface area contributed by atoms with Crippen molar-refractivity contribution in [2.24, 2.45) is 0 Å². The number of likely N-dealkylation sites (N-methyl/N-ethyl adjacent to an activating group) is 1. The molecule has 0 aliphatic carbocycles. The molecule has 5 heteroatoms. The first kappa shape index (κ1) is 17.9. The Kier molecular flexibility index (Phi) is 6.54. The molecule has 0 spiro atoms. The summed E-state index contributed by atoms with van der Waals surface area (Å²) >= 11 is 5.08. The van der Waals surface area contributed by atoms with E-state index in [-0.39, 0.29) is 5.91 Å². The summed E-state index contributed by atoms with van der Waals surface area (Å²) < 4.78 is 6.69. The van der Waals surface area contributed by atoms with Crippen LogP contribution in [-0.4, -0.2) is 30.2 Å². The number of rotatable bonds is 6. The molecule has 0 aromatic heterocycles. The van der Waals surface area contributed by atoms with Crippen molar-refractivity contribution in [1.29, 1.82) is 0 Å². The zero-order valence-electron chi connectivity index (χ0n) is 13.5. The summed E-state index contributed by atoms with van der Waals surface area (Å²) in [4.78, 5) is 15.3. The van der Waals surface area contributed by atoms with E-state index in [0.29, 0.717) is 12.3 Å². The van der Waals surface area contributed by atoms with E-state index in [1.165, 1.54) is 4.90 Å². The van der Waals surface area contributed by atoms with Gasteiger partial charge in [0, 0.05) is 23.0 Å². The van der Waals surface area contributed by atoms with Crippen molar-refractivity contribution in [1.82, 2.24) is 4.90 Å². The van der Waals surface area contributed by atoms with Gasteiger partial charge in [0.15, 0.2) is 6.10 Å². The number of carbonyl (C=O) groups is 1. The summed E-state index contributed by atoms with van der Waals surface area (Å²) in [6.07, 6.45) is 1.53. The Labute approximate surface area is 150 Å². The Bertz CT molecular complexity index is 643. The molecule has 0 heterocycles. The highest BCUT2D eigenvalue weighted by Gasteiger charge is 2.19. The van der Waals surface area contributed by atoms with Crippen molar-refractivity contribution in [2.45, 2.75) is 24.5 Å². The smallest absolute Gasteiger partial charge is 0.263 e. The van der Waals surface area contributed by atoms with E-state index in [4.69, 9.17) is 4.74 Å². The molecule has 0 bridgehead atoms. The predicted molar refractivity (Wildman–Crippen MR) is 98.9 cm³/mol. The molecule has 1 unspecified atom stereocenters. The van der Waals surface area contributed by atoms with E-state index in [0.717, 1.165) is 10.0 Å². The topological polar surface area (TPSA) is 29.5 Å². The largest absolute Gasteiger partial charge is 0.481 e. The minimum absolute atomic E-state index is 0.0399. The number of amides is 1. The lowest BCUT2D eigenvalue weighted by molar-refractivity contribution is -0.137. The number of hydrogen-bond donors (Lipinski definition) is 0. The fourth-order valence-corrected chi connectivity index (χ4v) is 2.83. The molecular weight excluding hydrogens is 374 g/mol. The lowest BCUT2D eigenvalue weighted by Gasteiger charge is -2.22. The molecule has 2 rings (SSSR count). The second kappa shape index (κ2) is 8.41. The van der Waals surface area contributed by atoms with Gasteiger partial charge in [-0.2, -0.15) is 0 Å². The first-order chi connectivity index (χ1) is 11.0. The van der Waals surface area contributed by atoms with Gasteiger partial charge in [-0.15, -0.1) is 11.8 Å². The summed E-state index contributed by atoms with van der Waals surface area (Å²) in [5.74, 6) is 0.647. The lowest BCUT2D eigenvalue weighted by Crippen LogP contribution is -2.37. The molecule has 0 radical (unpaired) electrons. The van der Waals surface area contributed by atoms with Gasteiger partial charge in [-0.25, -0.2) is 0 Å². The molecule has 1 atom stereocenters. The molecule has 3 nitrogen and oxygen atoms in total. The minimum Gasteiger partial charge on any atom is -0.481 e. The van der Waals surface area contributed by atoms with Crippen molar-refractivity contribution in [3.05, 3.63) is 58.6 Å². The van der Waals surface area contributed by atoms with Crippen LogP contribution >= 0.6 is 27.7 Å². The first-order valence-electron chi connectivity index (χ1n) is 7.29. The van der Waals surface area contributed by atoms with Gasteiger partial charge in [-0.05, 0) is 55.1 Å². The fourth-order valence-electron chi connectivity index (χ4n) is 2.16. The van der Waals surface area contributed by atoms with Crippen LogP contribution < -0.4 is 4.74 Å². The quantitative estimate of drug-likeness (QED) is 0.671. The Balaban J connectivity index is 1.93. The van der Waals surface area contributed by atoms with Crippen molar-refractivity contribution < 1.29 is 9.53 Å². The van der Waals surface area contributed by atoms with Crippen LogP contribution in [0.25, 0.3) is 0 Å². The summed E-state index contributed by atoms with van der Waals surface area (Å²) in [7, 11) is 1.80. The molecular formula is C18H20BrNO2S. The molecule has 2 aromatic rings. The summed E-state index contributed by atoms with van der Waals surface area (Å²) in [5.41, 5.74) is 1.11. The molecule has 0 saturated heterocycles. The van der Waals surface area contributed by atoms with E-state index in [1.807, 2.05) is 30.5 Å². The molecule has 1 amide bonds. The van der Waals surface area contributed by atoms with Crippen molar-refractivity contribution >= 4 is 33.6 Å². The third-order valence-corrected chi connectivity index (χ3v) is 4.70. The van der Waals surface area contributed by atoms with Gasteiger partial charge in [-0.3, -0.25) is 4.79 Å². The molecule has 122 valence electrons. The Morgan fingerprint density at radius 3 is 2.35 bits per heavy atom. The van der Waals surface area contributed by atoms with E-state index in [1.54, 1.807) is 30.6 Å². The third-order valence-electron chi connectivity index (χ3n) is 3.43. The van der Waals surface area contributed by atoms with Crippen molar-refractivity contribution in [2.75, 3.05) is 13.3 Å². The summed E-state index contributed by atoms with van der Waals surface area (Å²) in [6.45, 7) is 2.35. The number of ether oxygens (including phenoxy) is 1. The van der Waals surface area contributed by atoms with E-state index in [9.17, 15) is 4.79 Å². The Hall–Kier alpha value is -1.46. The second-order valence-electron chi connectivity index (χ2n) is 5.26. The molecule has 0 fully saturated rings. The molecule has 0 aliphatic heterocycles. The summed E-state index contributed by atoms with van der Waals surface area (Å²) in [6, 6.07) is 15.7. The zero-order chi connectivity index (χ0) is 16.8. The van der Waals surface area contributed by atoms with Crippen molar-refractivity contribution in [3.63, 3.8) is 0 Å². The molecule has 2 aromatic carbocycles. The second-order valence-corrected chi connectivity index (χ2v) is 7.05. The SMILES string of the molecule is CSc1ccc(CN(C)C(=O)C(C)Oc2ccc(Br)cc2)cc1. The third kappa shape index (κ3) is 5.29. The van der Waals surface area contributed by atoms with Gasteiger partial charge >= 0.3 is 0 Å². The lowest BCUT2D eigenvalue weighted by atomic mass is 10.2. The average Bonchev–Trinajstić information content (AvgIpc) is 2.56. The number of carbonyl (C=O) groups excluding carboxylic acids is 1. The van der Waals surface area contributed by atoms with Crippen LogP contribution in [0.4, 0.5) is 0 Å². The summed E-state index contributed by atoms with van der Waals surface area (Å²) in [5, 5.41) is 0. The number of thioether (sulfide) groups is 1. The average molecular weight is 394 g/mol. The first-order valence-corrected chi connectivity index (χ1v) is 9.31. The maximum atomic E-state index is 12.4. The number of nitrogens with zero attached hydrogens (tertiary/aromatic N) is 1. The van der Waals surface area contributed by atoms with Crippen LogP contribution in [0.1, 0.15) is 12.5 Å². The van der Waals surface area contributed by atoms with E-state index >= 15 is 0 Å². The van der Waals surface area contributed by atoms with Crippen LogP contribution in [0.15, 0.2) is 57.9 Å². The van der Waals surface area contributed by atoms with Crippen LogP contribution in [0.3, 0.4) is 0 Å². The van der Waals surface area contributed by atoms with Crippen LogP contribution in [0.2, 0.25) is 0 Å². The number of hydrogen-bond acceptors (Lipinski definition) is 3. The minimum atomic E-state index is -0.522. The van der Waals surface area contributed by atoms with Crippen LogP contribution in [0, 0.1) is 0 Å². The molecule has 0 aliphatic rings.